The summed E-state index contributed by atoms with van der Waals surface area (Å²) >= 11 is 0. The largest absolute Gasteiger partial charge is 0.215 e. The van der Waals surface area contributed by atoms with Gasteiger partial charge in [-0.05, 0) is 39.5 Å². The van der Waals surface area contributed by atoms with Gasteiger partial charge in [0.05, 0.1) is 22.6 Å². The molecule has 0 bridgehead atoms. The lowest BCUT2D eigenvalue weighted by Crippen LogP contribution is -2.46. The SMILES string of the molecule is CC(C(C)S(=O)(=O)NCCCCCCCCC#N)S(=O)(=O)NCCCCCCCCC#N. The molecule has 0 aromatic carbocycles. The molecule has 0 fully saturated rings. The Hall–Kier alpha value is -1.20. The summed E-state index contributed by atoms with van der Waals surface area (Å²) in [5.41, 5.74) is 0. The van der Waals surface area contributed by atoms with Crippen molar-refractivity contribution in [2.24, 2.45) is 0 Å². The quantitative estimate of drug-likeness (QED) is 0.232. The predicted octanol–water partition coefficient (Wildman–Crippen LogP) is 4.11. The molecule has 0 aromatic rings. The molecule has 186 valence electrons. The molecule has 32 heavy (non-hydrogen) atoms. The molecule has 0 saturated carbocycles. The topological polar surface area (TPSA) is 140 Å². The fourth-order valence-corrected chi connectivity index (χ4v) is 6.54. The first-order valence-electron chi connectivity index (χ1n) is 11.9. The molecule has 0 rings (SSSR count). The average molecular weight is 491 g/mol. The van der Waals surface area contributed by atoms with E-state index in [0.717, 1.165) is 64.2 Å². The van der Waals surface area contributed by atoms with Gasteiger partial charge in [0, 0.05) is 25.9 Å². The summed E-state index contributed by atoms with van der Waals surface area (Å²) in [6.45, 7) is 3.48. The van der Waals surface area contributed by atoms with Gasteiger partial charge in [0.1, 0.15) is 0 Å². The molecule has 0 aliphatic rings. The van der Waals surface area contributed by atoms with Crippen molar-refractivity contribution in [1.82, 2.24) is 9.44 Å². The van der Waals surface area contributed by atoms with E-state index in [9.17, 15) is 16.8 Å². The molecule has 2 N–H and O–H groups in total. The highest BCUT2D eigenvalue weighted by atomic mass is 32.2. The third kappa shape index (κ3) is 14.8. The van der Waals surface area contributed by atoms with Crippen LogP contribution in [0.15, 0.2) is 0 Å². The molecule has 0 amide bonds. The Balaban J connectivity index is 4.14. The van der Waals surface area contributed by atoms with E-state index in [-0.39, 0.29) is 0 Å². The zero-order valence-corrected chi connectivity index (χ0v) is 21.4. The summed E-state index contributed by atoms with van der Waals surface area (Å²) in [6, 6.07) is 4.24. The maximum Gasteiger partial charge on any atom is 0.215 e. The Morgan fingerprint density at radius 3 is 1.16 bits per heavy atom. The van der Waals surface area contributed by atoms with E-state index in [1.54, 1.807) is 0 Å². The van der Waals surface area contributed by atoms with Gasteiger partial charge in [-0.3, -0.25) is 0 Å². The number of nitriles is 2. The molecule has 0 saturated heterocycles. The summed E-state index contributed by atoms with van der Waals surface area (Å²) in [6.07, 6.45) is 12.3. The Morgan fingerprint density at radius 2 is 0.844 bits per heavy atom. The molecule has 2 atom stereocenters. The second-order valence-corrected chi connectivity index (χ2v) is 12.6. The third-order valence-corrected chi connectivity index (χ3v) is 9.84. The molecule has 10 heteroatoms. The molecule has 2 unspecified atom stereocenters. The molecular weight excluding hydrogens is 448 g/mol. The Bertz CT molecular complexity index is 705. The number of hydrogen-bond acceptors (Lipinski definition) is 6. The first-order valence-corrected chi connectivity index (χ1v) is 15.0. The number of rotatable bonds is 21. The van der Waals surface area contributed by atoms with Crippen LogP contribution in [-0.4, -0.2) is 40.4 Å². The van der Waals surface area contributed by atoms with E-state index in [1.165, 1.54) is 13.8 Å². The van der Waals surface area contributed by atoms with Crippen molar-refractivity contribution in [1.29, 1.82) is 10.5 Å². The van der Waals surface area contributed by atoms with E-state index < -0.39 is 30.5 Å². The van der Waals surface area contributed by atoms with Gasteiger partial charge in [-0.15, -0.1) is 0 Å². The minimum Gasteiger partial charge on any atom is -0.215 e. The summed E-state index contributed by atoms with van der Waals surface area (Å²) in [5, 5.41) is 14.9. The molecule has 0 heterocycles. The van der Waals surface area contributed by atoms with Crippen molar-refractivity contribution < 1.29 is 16.8 Å². The zero-order valence-electron chi connectivity index (χ0n) is 19.8. The highest BCUT2D eigenvalue weighted by molar-refractivity contribution is 7.94. The first-order chi connectivity index (χ1) is 15.2. The molecular formula is C22H42N4O4S2. The monoisotopic (exact) mass is 490 g/mol. The van der Waals surface area contributed by atoms with E-state index in [1.807, 2.05) is 0 Å². The zero-order chi connectivity index (χ0) is 24.3. The van der Waals surface area contributed by atoms with Crippen LogP contribution in [0.25, 0.3) is 0 Å². The molecule has 0 spiro atoms. The van der Waals surface area contributed by atoms with E-state index >= 15 is 0 Å². The minimum atomic E-state index is -3.73. The lowest BCUT2D eigenvalue weighted by molar-refractivity contribution is 0.537. The van der Waals surface area contributed by atoms with E-state index in [4.69, 9.17) is 10.5 Å². The van der Waals surface area contributed by atoms with Crippen LogP contribution in [0.2, 0.25) is 0 Å². The summed E-state index contributed by atoms with van der Waals surface area (Å²) in [7, 11) is -7.45. The third-order valence-electron chi connectivity index (χ3n) is 5.68. The average Bonchev–Trinajstić information content (AvgIpc) is 2.75. The van der Waals surface area contributed by atoms with Crippen LogP contribution >= 0.6 is 0 Å². The lowest BCUT2D eigenvalue weighted by atomic mass is 10.1. The van der Waals surface area contributed by atoms with Gasteiger partial charge in [0.2, 0.25) is 20.0 Å². The number of unbranched alkanes of at least 4 members (excludes halogenated alkanes) is 12. The van der Waals surface area contributed by atoms with Crippen LogP contribution in [0.3, 0.4) is 0 Å². The van der Waals surface area contributed by atoms with Crippen LogP contribution in [0.4, 0.5) is 0 Å². The van der Waals surface area contributed by atoms with Gasteiger partial charge in [-0.25, -0.2) is 26.3 Å². The fourth-order valence-electron chi connectivity index (χ4n) is 3.27. The standard InChI is InChI=1S/C22H42N4O4S2/c1-21(31(27,28)25-19-15-11-7-3-5-9-13-17-23)22(2)32(29,30)26-20-16-12-8-4-6-10-14-18-24/h21-22,25-26H,3-16,19-20H2,1-2H3. The van der Waals surface area contributed by atoms with Crippen LogP contribution < -0.4 is 9.44 Å². The smallest absolute Gasteiger partial charge is 0.215 e. The van der Waals surface area contributed by atoms with Crippen LogP contribution in [0.5, 0.6) is 0 Å². The second kappa shape index (κ2) is 18.3. The number of sulfonamides is 2. The predicted molar refractivity (Wildman–Crippen MR) is 129 cm³/mol. The van der Waals surface area contributed by atoms with E-state index in [0.29, 0.717) is 38.8 Å². The van der Waals surface area contributed by atoms with Crippen molar-refractivity contribution in [3.8, 4) is 12.1 Å². The van der Waals surface area contributed by atoms with Gasteiger partial charge >= 0.3 is 0 Å². The Kier molecular flexibility index (Phi) is 17.6. The first kappa shape index (κ1) is 30.8. The highest BCUT2D eigenvalue weighted by Crippen LogP contribution is 2.13. The van der Waals surface area contributed by atoms with Crippen molar-refractivity contribution in [2.45, 2.75) is 114 Å². The lowest BCUT2D eigenvalue weighted by Gasteiger charge is -2.21. The van der Waals surface area contributed by atoms with Crippen LogP contribution in [0.1, 0.15) is 104 Å². The number of nitrogens with one attached hydrogen (secondary N) is 2. The minimum absolute atomic E-state index is 0.305. The summed E-state index contributed by atoms with van der Waals surface area (Å²) in [5.74, 6) is 0. The number of nitrogens with zero attached hydrogens (tertiary/aromatic N) is 2. The van der Waals surface area contributed by atoms with Gasteiger partial charge in [0.25, 0.3) is 0 Å². The molecule has 0 aromatic heterocycles. The van der Waals surface area contributed by atoms with Gasteiger partial charge in [-0.1, -0.05) is 51.4 Å². The Labute approximate surface area is 196 Å². The summed E-state index contributed by atoms with van der Waals surface area (Å²) < 4.78 is 55.1. The summed E-state index contributed by atoms with van der Waals surface area (Å²) in [4.78, 5) is 0. The van der Waals surface area contributed by atoms with Crippen molar-refractivity contribution >= 4 is 20.0 Å². The normalized spacial score (nSPS) is 13.9. The molecule has 8 nitrogen and oxygen atoms in total. The molecule has 0 aliphatic heterocycles. The van der Waals surface area contributed by atoms with Crippen LogP contribution in [0, 0.1) is 22.7 Å². The maximum absolute atomic E-state index is 12.5. The maximum atomic E-state index is 12.5. The second-order valence-electron chi connectivity index (χ2n) is 8.35. The van der Waals surface area contributed by atoms with Gasteiger partial charge in [0.15, 0.2) is 0 Å². The molecule has 0 radical (unpaired) electrons. The van der Waals surface area contributed by atoms with Crippen LogP contribution in [-0.2, 0) is 20.0 Å². The van der Waals surface area contributed by atoms with Crippen molar-refractivity contribution in [3.05, 3.63) is 0 Å². The van der Waals surface area contributed by atoms with Crippen molar-refractivity contribution in [2.75, 3.05) is 13.1 Å². The van der Waals surface area contributed by atoms with Crippen molar-refractivity contribution in [3.63, 3.8) is 0 Å². The highest BCUT2D eigenvalue weighted by Gasteiger charge is 2.34. The van der Waals surface area contributed by atoms with Gasteiger partial charge < -0.3 is 0 Å². The Morgan fingerprint density at radius 1 is 0.562 bits per heavy atom. The molecule has 0 aliphatic carbocycles. The van der Waals surface area contributed by atoms with Gasteiger partial charge in [-0.2, -0.15) is 10.5 Å². The number of hydrogen-bond donors (Lipinski definition) is 2. The van der Waals surface area contributed by atoms with E-state index in [2.05, 4.69) is 21.6 Å². The fraction of sp³-hybridized carbons (Fsp3) is 0.909.